The molecule has 0 bridgehead atoms. The van der Waals surface area contributed by atoms with Gasteiger partial charge >= 0.3 is 0 Å². The second-order valence-electron chi connectivity index (χ2n) is 14.3. The van der Waals surface area contributed by atoms with Gasteiger partial charge in [0.2, 0.25) is 17.8 Å². The minimum atomic E-state index is -1.03. The number of unbranched alkanes of at least 4 members (excludes halogenated alkanes) is 2. The number of imide groups is 2. The third kappa shape index (κ3) is 7.95. The van der Waals surface area contributed by atoms with Gasteiger partial charge in [-0.3, -0.25) is 34.2 Å². The van der Waals surface area contributed by atoms with Gasteiger partial charge in [0.1, 0.15) is 17.2 Å². The molecule has 59 heavy (non-hydrogen) atoms. The number of rotatable bonds is 14. The molecular formula is C43H47N9O7. The third-order valence-electron chi connectivity index (χ3n) is 10.6. The Labute approximate surface area is 340 Å². The number of carbonyl (C=O) groups excluding carboxylic acids is 4. The number of hydrogen-bond donors (Lipinski definition) is 3. The van der Waals surface area contributed by atoms with Crippen molar-refractivity contribution in [2.45, 2.75) is 77.5 Å². The summed E-state index contributed by atoms with van der Waals surface area (Å²) in [6.07, 6.45) is 6.46. The monoisotopic (exact) mass is 801 g/mol. The maximum atomic E-state index is 13.4. The number of benzene rings is 2. The predicted octanol–water partition coefficient (Wildman–Crippen LogP) is 5.00. The normalized spacial score (nSPS) is 17.0. The highest BCUT2D eigenvalue weighted by Gasteiger charge is 2.46. The summed E-state index contributed by atoms with van der Waals surface area (Å²) in [7, 11) is 2.01. The van der Waals surface area contributed by atoms with Gasteiger partial charge in [0.25, 0.3) is 17.4 Å². The van der Waals surface area contributed by atoms with Gasteiger partial charge in [0, 0.05) is 37.6 Å². The first-order chi connectivity index (χ1) is 28.6. The van der Waals surface area contributed by atoms with Crippen molar-refractivity contribution < 1.29 is 29.0 Å². The van der Waals surface area contributed by atoms with Crippen LogP contribution in [-0.2, 0) is 22.6 Å². The van der Waals surface area contributed by atoms with E-state index in [1.165, 1.54) is 10.9 Å². The van der Waals surface area contributed by atoms with Gasteiger partial charge in [0.05, 0.1) is 36.1 Å². The molecule has 1 fully saturated rings. The van der Waals surface area contributed by atoms with Gasteiger partial charge in [-0.05, 0) is 86.6 Å². The first-order valence-corrected chi connectivity index (χ1v) is 20.0. The molecule has 2 atom stereocenters. The molecule has 5 aromatic rings. The molecule has 3 aromatic heterocycles. The number of pyridine rings is 1. The van der Waals surface area contributed by atoms with E-state index < -0.39 is 35.8 Å². The fourth-order valence-electron chi connectivity index (χ4n) is 7.62. The second kappa shape index (κ2) is 17.4. The van der Waals surface area contributed by atoms with E-state index in [0.717, 1.165) is 54.1 Å². The number of amides is 4. The molecule has 5 heterocycles. The van der Waals surface area contributed by atoms with E-state index in [4.69, 9.17) is 14.7 Å². The molecule has 0 spiro atoms. The smallest absolute Gasteiger partial charge is 0.278 e. The summed E-state index contributed by atoms with van der Waals surface area (Å²) in [5.74, 6) is -1.15. The van der Waals surface area contributed by atoms with Gasteiger partial charge in [-0.2, -0.15) is 4.98 Å². The minimum Gasteiger partial charge on any atom is -0.493 e. The van der Waals surface area contributed by atoms with Gasteiger partial charge in [-0.15, -0.1) is 6.58 Å². The summed E-state index contributed by atoms with van der Waals surface area (Å²) in [6, 6.07) is 15.4. The van der Waals surface area contributed by atoms with Crippen molar-refractivity contribution in [1.29, 1.82) is 0 Å². The number of nitrogens with one attached hydrogen (secondary N) is 2. The van der Waals surface area contributed by atoms with Crippen LogP contribution in [0.15, 0.2) is 78.2 Å². The maximum absolute atomic E-state index is 13.4. The Morgan fingerprint density at radius 3 is 2.53 bits per heavy atom. The van der Waals surface area contributed by atoms with Gasteiger partial charge < -0.3 is 20.1 Å². The van der Waals surface area contributed by atoms with Gasteiger partial charge in [0.15, 0.2) is 11.5 Å². The fourth-order valence-corrected chi connectivity index (χ4v) is 7.62. The summed E-state index contributed by atoms with van der Waals surface area (Å²) in [4.78, 5) is 80.7. The molecule has 0 saturated carbocycles. The van der Waals surface area contributed by atoms with E-state index in [-0.39, 0.29) is 36.1 Å². The number of piperidine rings is 1. The quantitative estimate of drug-likeness (QED) is 0.0775. The van der Waals surface area contributed by atoms with Crippen LogP contribution in [0.1, 0.15) is 90.4 Å². The number of aliphatic hydroxyl groups is 1. The van der Waals surface area contributed by atoms with E-state index in [2.05, 4.69) is 27.1 Å². The Morgan fingerprint density at radius 2 is 1.76 bits per heavy atom. The maximum Gasteiger partial charge on any atom is 0.278 e. The molecule has 306 valence electrons. The van der Waals surface area contributed by atoms with Crippen LogP contribution in [0, 0.1) is 0 Å². The highest BCUT2D eigenvalue weighted by molar-refractivity contribution is 6.24. The summed E-state index contributed by atoms with van der Waals surface area (Å²) in [6.45, 7) is 9.17. The number of carbonyl (C=O) groups is 4. The van der Waals surface area contributed by atoms with Crippen LogP contribution < -0.4 is 25.8 Å². The molecule has 3 aliphatic rings. The lowest BCUT2D eigenvalue weighted by Gasteiger charge is -2.27. The van der Waals surface area contributed by atoms with Crippen LogP contribution in [0.25, 0.3) is 16.9 Å². The first-order valence-electron chi connectivity index (χ1n) is 20.0. The lowest BCUT2D eigenvalue weighted by Crippen LogP contribution is -2.54. The molecule has 16 nitrogen and oxygen atoms in total. The Kier molecular flexibility index (Phi) is 12.0. The minimum absolute atomic E-state index is 0.0553. The number of allylic oxidation sites excluding steroid dienone is 1. The molecule has 4 amide bonds. The van der Waals surface area contributed by atoms with E-state index >= 15 is 0 Å². The van der Waals surface area contributed by atoms with Crippen molar-refractivity contribution in [3.63, 3.8) is 0 Å². The lowest BCUT2D eigenvalue weighted by molar-refractivity contribution is -0.136. The highest BCUT2D eigenvalue weighted by atomic mass is 16.5. The summed E-state index contributed by atoms with van der Waals surface area (Å²) < 4.78 is 9.13. The fraction of sp³-hybridized carbons (Fsp3) is 0.349. The van der Waals surface area contributed by atoms with Crippen LogP contribution in [-0.4, -0.2) is 84.2 Å². The van der Waals surface area contributed by atoms with Crippen LogP contribution in [0.4, 0.5) is 17.3 Å². The molecule has 1 saturated heterocycles. The molecule has 2 unspecified atom stereocenters. The number of aliphatic hydroxyl groups excluding tert-OH is 1. The predicted molar refractivity (Wildman–Crippen MR) is 221 cm³/mol. The standard InChI is InChI=1S/C41H41N9O7.C2H6/c1-3-20-48-38(54)28-23-42-41(46-36(28)50(48)32-18-11-24-10-17-30(51)35(24)44-32)43-25-12-14-26(15-13-25)47(2)21-5-4-6-22-57-31-9-7-8-27-34(31)40(56)49(39(27)55)29-16-19-33(52)45-37(29)53;1-2/h3,7-9,11-15,18,23,29-30,51H,1,4-6,10,16-17,19-22H2,2H3,(H,42,43,46)(H,45,52,53);1-2H3. The summed E-state index contributed by atoms with van der Waals surface area (Å²) in [5, 5.41) is 16.3. The van der Waals surface area contributed by atoms with Crippen LogP contribution in [0.3, 0.4) is 0 Å². The SMILES string of the molecule is C=CCn1c(=O)c2cnc(Nc3ccc(N(C)CCCCCOc4cccc5c4C(=O)N(C4CCC(=O)NC4=O)C5=O)cc3)nc2n1-c1ccc2c(n1)C(O)CC2.CC. The number of anilines is 3. The molecule has 0 radical (unpaired) electrons. The number of nitrogens with zero attached hydrogens (tertiary/aromatic N) is 7. The largest absolute Gasteiger partial charge is 0.493 e. The topological polar surface area (TPSA) is 194 Å². The first kappa shape index (κ1) is 40.5. The Hall–Kier alpha value is -6.68. The molecule has 1 aliphatic carbocycles. The highest BCUT2D eigenvalue weighted by Crippen LogP contribution is 2.34. The van der Waals surface area contributed by atoms with Crippen molar-refractivity contribution in [3.8, 4) is 11.6 Å². The average Bonchev–Trinajstić information content (AvgIpc) is 3.84. The van der Waals surface area contributed by atoms with Crippen molar-refractivity contribution in [3.05, 3.63) is 106 Å². The number of ether oxygens (including phenoxy) is 1. The zero-order chi connectivity index (χ0) is 41.8. The molecular weight excluding hydrogens is 755 g/mol. The molecule has 3 N–H and O–H groups in total. The van der Waals surface area contributed by atoms with E-state index in [1.807, 2.05) is 57.3 Å². The van der Waals surface area contributed by atoms with Crippen molar-refractivity contribution >= 4 is 52.0 Å². The van der Waals surface area contributed by atoms with Crippen molar-refractivity contribution in [2.24, 2.45) is 0 Å². The molecule has 2 aliphatic heterocycles. The number of hydrogen-bond acceptors (Lipinski definition) is 12. The average molecular weight is 802 g/mol. The van der Waals surface area contributed by atoms with Crippen LogP contribution >= 0.6 is 0 Å². The van der Waals surface area contributed by atoms with E-state index in [0.29, 0.717) is 47.3 Å². The molecule has 8 rings (SSSR count). The van der Waals surface area contributed by atoms with Gasteiger partial charge in [-0.25, -0.2) is 19.3 Å². The zero-order valence-corrected chi connectivity index (χ0v) is 33.3. The number of aryl methyl sites for hydroxylation is 1. The van der Waals surface area contributed by atoms with Crippen molar-refractivity contribution in [1.82, 2.24) is 34.5 Å². The van der Waals surface area contributed by atoms with Crippen LogP contribution in [0.2, 0.25) is 0 Å². The molecule has 16 heteroatoms. The Morgan fingerprint density at radius 1 is 0.966 bits per heavy atom. The Balaban J connectivity index is 0.00000260. The molecule has 2 aromatic carbocycles. The summed E-state index contributed by atoms with van der Waals surface area (Å²) in [5.41, 5.74) is 3.83. The van der Waals surface area contributed by atoms with Crippen LogP contribution in [0.5, 0.6) is 5.75 Å². The second-order valence-corrected chi connectivity index (χ2v) is 14.3. The zero-order valence-electron chi connectivity index (χ0n) is 33.3. The van der Waals surface area contributed by atoms with E-state index in [1.54, 1.807) is 29.0 Å². The Bertz CT molecular complexity index is 2490. The van der Waals surface area contributed by atoms with E-state index in [9.17, 15) is 29.1 Å². The number of aromatic nitrogens is 5. The number of fused-ring (bicyclic) bond motifs is 3. The van der Waals surface area contributed by atoms with Gasteiger partial charge in [-0.1, -0.05) is 32.1 Å². The third-order valence-corrected chi connectivity index (χ3v) is 10.6. The summed E-state index contributed by atoms with van der Waals surface area (Å²) >= 11 is 0. The van der Waals surface area contributed by atoms with Crippen molar-refractivity contribution in [2.75, 3.05) is 30.4 Å². The lowest BCUT2D eigenvalue weighted by atomic mass is 10.0.